The molecule has 0 aliphatic carbocycles. The summed E-state index contributed by atoms with van der Waals surface area (Å²) in [5, 5.41) is 0. The van der Waals surface area contributed by atoms with Crippen molar-refractivity contribution in [2.45, 2.75) is 4.90 Å². The molecule has 0 radical (unpaired) electrons. The predicted molar refractivity (Wildman–Crippen MR) is 96.9 cm³/mol. The van der Waals surface area contributed by atoms with E-state index in [-0.39, 0.29) is 10.6 Å². The maximum atomic E-state index is 13.5. The number of sulfonamides is 1. The maximum absolute atomic E-state index is 13.5. The second-order valence-corrected chi connectivity index (χ2v) is 7.82. The van der Waals surface area contributed by atoms with E-state index in [1.807, 2.05) is 24.3 Å². The molecule has 0 aromatic heterocycles. The van der Waals surface area contributed by atoms with Crippen LogP contribution in [0.25, 0.3) is 0 Å². The zero-order valence-electron chi connectivity index (χ0n) is 14.7. The van der Waals surface area contributed by atoms with Gasteiger partial charge in [0.15, 0.2) is 11.6 Å². The van der Waals surface area contributed by atoms with E-state index >= 15 is 0 Å². The van der Waals surface area contributed by atoms with Gasteiger partial charge in [-0.15, -0.1) is 0 Å². The van der Waals surface area contributed by atoms with Crippen molar-refractivity contribution in [2.24, 2.45) is 0 Å². The Morgan fingerprint density at radius 1 is 0.923 bits per heavy atom. The van der Waals surface area contributed by atoms with Crippen LogP contribution in [0.1, 0.15) is 0 Å². The molecule has 0 bridgehead atoms. The Kier molecular flexibility index (Phi) is 5.33. The third-order valence-corrected chi connectivity index (χ3v) is 6.33. The fourth-order valence-corrected chi connectivity index (χ4v) is 4.37. The minimum absolute atomic E-state index is 0.0358. The Balaban J connectivity index is 1.72. The maximum Gasteiger partial charge on any atom is 0.243 e. The van der Waals surface area contributed by atoms with Crippen LogP contribution in [0.2, 0.25) is 0 Å². The first-order valence-electron chi connectivity index (χ1n) is 8.18. The largest absolute Gasteiger partial charge is 0.497 e. The van der Waals surface area contributed by atoms with Crippen LogP contribution in [0.3, 0.4) is 0 Å². The van der Waals surface area contributed by atoms with Gasteiger partial charge in [-0.25, -0.2) is 12.8 Å². The first kappa shape index (κ1) is 18.5. The second-order valence-electron chi connectivity index (χ2n) is 5.89. The molecule has 1 fully saturated rings. The molecule has 2 aromatic carbocycles. The quantitative estimate of drug-likeness (QED) is 0.797. The van der Waals surface area contributed by atoms with E-state index in [0.717, 1.165) is 17.5 Å². The molecule has 1 heterocycles. The third-order valence-electron chi connectivity index (χ3n) is 4.44. The Hall–Kier alpha value is -2.32. The number of piperazine rings is 1. The smallest absolute Gasteiger partial charge is 0.243 e. The lowest BCUT2D eigenvalue weighted by Gasteiger charge is -2.35. The summed E-state index contributed by atoms with van der Waals surface area (Å²) in [6.45, 7) is 1.86. The highest BCUT2D eigenvalue weighted by atomic mass is 32.2. The number of hydrogen-bond donors (Lipinski definition) is 0. The van der Waals surface area contributed by atoms with E-state index in [0.29, 0.717) is 26.2 Å². The van der Waals surface area contributed by atoms with Gasteiger partial charge in [0.05, 0.1) is 19.1 Å². The van der Waals surface area contributed by atoms with Gasteiger partial charge >= 0.3 is 0 Å². The van der Waals surface area contributed by atoms with Crippen molar-refractivity contribution in [3.63, 3.8) is 0 Å². The number of rotatable bonds is 5. The molecule has 0 spiro atoms. The van der Waals surface area contributed by atoms with Gasteiger partial charge in [0.2, 0.25) is 10.0 Å². The minimum atomic E-state index is -3.69. The molecule has 0 atom stereocenters. The predicted octanol–water partition coefficient (Wildman–Crippen LogP) is 2.35. The van der Waals surface area contributed by atoms with E-state index in [1.165, 1.54) is 23.5 Å². The zero-order valence-corrected chi connectivity index (χ0v) is 15.5. The average Bonchev–Trinajstić information content (AvgIpc) is 2.68. The molecule has 6 nitrogen and oxygen atoms in total. The van der Waals surface area contributed by atoms with Crippen molar-refractivity contribution < 1.29 is 22.3 Å². The first-order chi connectivity index (χ1) is 12.5. The lowest BCUT2D eigenvalue weighted by atomic mass is 10.2. The van der Waals surface area contributed by atoms with Gasteiger partial charge in [-0.05, 0) is 36.4 Å². The number of hydrogen-bond acceptors (Lipinski definition) is 5. The van der Waals surface area contributed by atoms with Gasteiger partial charge in [0, 0.05) is 37.9 Å². The Morgan fingerprint density at radius 3 is 2.15 bits per heavy atom. The summed E-state index contributed by atoms with van der Waals surface area (Å²) in [4.78, 5) is 2.16. The van der Waals surface area contributed by atoms with Crippen LogP contribution in [-0.4, -0.2) is 53.1 Å². The van der Waals surface area contributed by atoms with Gasteiger partial charge < -0.3 is 14.4 Å². The highest BCUT2D eigenvalue weighted by molar-refractivity contribution is 7.89. The first-order valence-corrected chi connectivity index (χ1v) is 9.62. The molecule has 140 valence electrons. The van der Waals surface area contributed by atoms with Crippen molar-refractivity contribution in [3.05, 3.63) is 48.3 Å². The van der Waals surface area contributed by atoms with E-state index < -0.39 is 15.8 Å². The van der Waals surface area contributed by atoms with Crippen molar-refractivity contribution in [1.29, 1.82) is 0 Å². The van der Waals surface area contributed by atoms with E-state index in [9.17, 15) is 12.8 Å². The number of anilines is 1. The lowest BCUT2D eigenvalue weighted by Crippen LogP contribution is -2.48. The van der Waals surface area contributed by atoms with Crippen LogP contribution >= 0.6 is 0 Å². The van der Waals surface area contributed by atoms with Crippen molar-refractivity contribution in [1.82, 2.24) is 4.31 Å². The fraction of sp³-hybridized carbons (Fsp3) is 0.333. The molecular weight excluding hydrogens is 359 g/mol. The highest BCUT2D eigenvalue weighted by Gasteiger charge is 2.29. The highest BCUT2D eigenvalue weighted by Crippen LogP contribution is 2.26. The summed E-state index contributed by atoms with van der Waals surface area (Å²) in [7, 11) is -0.766. The summed E-state index contributed by atoms with van der Waals surface area (Å²) in [6, 6.07) is 11.3. The van der Waals surface area contributed by atoms with Crippen LogP contribution in [0.15, 0.2) is 47.4 Å². The standard InChI is InChI=1S/C18H21FN2O4S/c1-24-15-5-3-14(4-6-15)20-9-11-21(12-10-20)26(22,23)16-7-8-17(19)18(13-16)25-2/h3-8,13H,9-12H2,1-2H3. The monoisotopic (exact) mass is 380 g/mol. The average molecular weight is 380 g/mol. The Bertz CT molecular complexity index is 863. The van der Waals surface area contributed by atoms with Crippen LogP contribution in [-0.2, 0) is 10.0 Å². The van der Waals surface area contributed by atoms with Crippen LogP contribution in [0.5, 0.6) is 11.5 Å². The molecule has 1 aliphatic rings. The molecule has 2 aromatic rings. The van der Waals surface area contributed by atoms with Crippen LogP contribution in [0.4, 0.5) is 10.1 Å². The lowest BCUT2D eigenvalue weighted by molar-refractivity contribution is 0.378. The van der Waals surface area contributed by atoms with E-state index in [4.69, 9.17) is 9.47 Å². The van der Waals surface area contributed by atoms with Gasteiger partial charge in [-0.1, -0.05) is 0 Å². The van der Waals surface area contributed by atoms with Crippen molar-refractivity contribution in [2.75, 3.05) is 45.3 Å². The minimum Gasteiger partial charge on any atom is -0.497 e. The summed E-state index contributed by atoms with van der Waals surface area (Å²) < 4.78 is 50.6. The topological polar surface area (TPSA) is 59.1 Å². The number of benzene rings is 2. The molecular formula is C18H21FN2O4S. The van der Waals surface area contributed by atoms with Crippen molar-refractivity contribution >= 4 is 15.7 Å². The molecule has 1 saturated heterocycles. The second kappa shape index (κ2) is 7.51. The summed E-state index contributed by atoms with van der Waals surface area (Å²) in [5.74, 6) is 0.110. The molecule has 0 unspecified atom stereocenters. The molecule has 0 amide bonds. The molecule has 3 rings (SSSR count). The SMILES string of the molecule is COc1ccc(N2CCN(S(=O)(=O)c3ccc(F)c(OC)c3)CC2)cc1. The third kappa shape index (κ3) is 3.61. The Labute approximate surface area is 152 Å². The number of methoxy groups -OCH3 is 2. The van der Waals surface area contributed by atoms with Gasteiger partial charge in [-0.2, -0.15) is 4.31 Å². The van der Waals surface area contributed by atoms with Crippen LogP contribution in [0, 0.1) is 5.82 Å². The molecule has 1 aliphatic heterocycles. The summed E-state index contributed by atoms with van der Waals surface area (Å²) in [6.07, 6.45) is 0. The molecule has 0 N–H and O–H groups in total. The number of nitrogens with zero attached hydrogens (tertiary/aromatic N) is 2. The molecule has 8 heteroatoms. The van der Waals surface area contributed by atoms with Gasteiger partial charge in [-0.3, -0.25) is 0 Å². The molecule has 0 saturated carbocycles. The van der Waals surface area contributed by atoms with Crippen molar-refractivity contribution in [3.8, 4) is 11.5 Å². The van der Waals surface area contributed by atoms with Crippen LogP contribution < -0.4 is 14.4 Å². The fourth-order valence-electron chi connectivity index (χ4n) is 2.93. The zero-order chi connectivity index (χ0) is 18.7. The summed E-state index contributed by atoms with van der Waals surface area (Å²) >= 11 is 0. The van der Waals surface area contributed by atoms with Gasteiger partial charge in [0.1, 0.15) is 5.75 Å². The van der Waals surface area contributed by atoms with E-state index in [2.05, 4.69) is 4.90 Å². The summed E-state index contributed by atoms with van der Waals surface area (Å²) in [5.41, 5.74) is 1.02. The Morgan fingerprint density at radius 2 is 1.58 bits per heavy atom. The van der Waals surface area contributed by atoms with E-state index in [1.54, 1.807) is 7.11 Å². The number of ether oxygens (including phenoxy) is 2. The normalized spacial score (nSPS) is 15.7. The van der Waals surface area contributed by atoms with Gasteiger partial charge in [0.25, 0.3) is 0 Å². The number of halogens is 1. The molecule has 26 heavy (non-hydrogen) atoms.